The number of furan rings is 1. The predicted octanol–water partition coefficient (Wildman–Crippen LogP) is 3.21. The second-order valence-electron chi connectivity index (χ2n) is 4.06. The van der Waals surface area contributed by atoms with Gasteiger partial charge in [0.05, 0.1) is 18.9 Å². The first-order valence-electron chi connectivity index (χ1n) is 5.85. The van der Waals surface area contributed by atoms with Gasteiger partial charge in [0.1, 0.15) is 29.2 Å². The van der Waals surface area contributed by atoms with Crippen molar-refractivity contribution in [3.63, 3.8) is 0 Å². The molecule has 1 heterocycles. The highest BCUT2D eigenvalue weighted by Gasteiger charge is 2.24. The quantitative estimate of drug-likeness (QED) is 0.925. The van der Waals surface area contributed by atoms with Crippen LogP contribution in [0.1, 0.15) is 29.9 Å². The number of aliphatic hydroxyl groups is 1. The van der Waals surface area contributed by atoms with Crippen LogP contribution in [0.5, 0.6) is 5.75 Å². The predicted molar refractivity (Wildman–Crippen MR) is 65.1 cm³/mol. The summed E-state index contributed by atoms with van der Waals surface area (Å²) in [5, 5.41) is 10.1. The van der Waals surface area contributed by atoms with Gasteiger partial charge in [0.2, 0.25) is 0 Å². The van der Waals surface area contributed by atoms with Crippen molar-refractivity contribution in [1.29, 1.82) is 0 Å². The molecule has 0 saturated heterocycles. The molecular weight excluding hydrogens is 254 g/mol. The average molecular weight is 268 g/mol. The molecule has 0 radical (unpaired) electrons. The Bertz CT molecular complexity index is 555. The molecular formula is C14H14F2O3. The van der Waals surface area contributed by atoms with Gasteiger partial charge >= 0.3 is 0 Å². The highest BCUT2D eigenvalue weighted by Crippen LogP contribution is 2.32. The van der Waals surface area contributed by atoms with E-state index in [2.05, 4.69) is 0 Å². The molecule has 0 bridgehead atoms. The first kappa shape index (κ1) is 13.5. The van der Waals surface area contributed by atoms with E-state index < -0.39 is 23.3 Å². The van der Waals surface area contributed by atoms with Crippen LogP contribution < -0.4 is 4.74 Å². The van der Waals surface area contributed by atoms with E-state index in [-0.39, 0.29) is 5.75 Å². The van der Waals surface area contributed by atoms with Crippen LogP contribution in [0.2, 0.25) is 0 Å². The third kappa shape index (κ3) is 2.46. The van der Waals surface area contributed by atoms with Crippen molar-refractivity contribution < 1.29 is 23.0 Å². The molecule has 102 valence electrons. The summed E-state index contributed by atoms with van der Waals surface area (Å²) in [6.45, 7) is 1.83. The van der Waals surface area contributed by atoms with Gasteiger partial charge in [0, 0.05) is 24.1 Å². The number of hydrogen-bond donors (Lipinski definition) is 1. The van der Waals surface area contributed by atoms with Crippen molar-refractivity contribution in [2.24, 2.45) is 0 Å². The van der Waals surface area contributed by atoms with Crippen LogP contribution in [0, 0.1) is 11.6 Å². The molecule has 1 N–H and O–H groups in total. The van der Waals surface area contributed by atoms with E-state index in [0.29, 0.717) is 17.7 Å². The number of hydrogen-bond acceptors (Lipinski definition) is 3. The molecule has 0 saturated carbocycles. The molecule has 1 unspecified atom stereocenters. The minimum absolute atomic E-state index is 0.0638. The fourth-order valence-corrected chi connectivity index (χ4v) is 1.98. The smallest absolute Gasteiger partial charge is 0.135 e. The second kappa shape index (κ2) is 5.40. The molecule has 0 aliphatic carbocycles. The lowest BCUT2D eigenvalue weighted by molar-refractivity contribution is 0.206. The molecule has 2 rings (SSSR count). The van der Waals surface area contributed by atoms with Crippen LogP contribution in [0.4, 0.5) is 8.78 Å². The van der Waals surface area contributed by atoms with Gasteiger partial charge in [-0.05, 0) is 6.07 Å². The molecule has 0 spiro atoms. The number of benzene rings is 1. The summed E-state index contributed by atoms with van der Waals surface area (Å²) in [5.74, 6) is -1.14. The largest absolute Gasteiger partial charge is 0.497 e. The first-order valence-corrected chi connectivity index (χ1v) is 5.85. The number of aryl methyl sites for hydroxylation is 1. The Labute approximate surface area is 109 Å². The standard InChI is InChI=1S/C14H14F2O3/c1-3-12-9(4-5-19-12)14(17)13-10(15)6-8(18-2)7-11(13)16/h4-7,14,17H,3H2,1-2H3. The molecule has 0 fully saturated rings. The van der Waals surface area contributed by atoms with E-state index >= 15 is 0 Å². The molecule has 1 atom stereocenters. The van der Waals surface area contributed by atoms with E-state index in [0.717, 1.165) is 12.1 Å². The molecule has 5 heteroatoms. The van der Waals surface area contributed by atoms with Crippen LogP contribution in [-0.2, 0) is 6.42 Å². The van der Waals surface area contributed by atoms with Crippen molar-refractivity contribution in [2.45, 2.75) is 19.4 Å². The van der Waals surface area contributed by atoms with Crippen LogP contribution >= 0.6 is 0 Å². The van der Waals surface area contributed by atoms with Crippen molar-refractivity contribution in [2.75, 3.05) is 7.11 Å². The molecule has 0 aliphatic heterocycles. The maximum atomic E-state index is 13.9. The highest BCUT2D eigenvalue weighted by molar-refractivity contribution is 5.37. The van der Waals surface area contributed by atoms with Crippen LogP contribution in [0.25, 0.3) is 0 Å². The van der Waals surface area contributed by atoms with Crippen molar-refractivity contribution in [3.05, 3.63) is 53.0 Å². The van der Waals surface area contributed by atoms with Crippen LogP contribution in [0.15, 0.2) is 28.9 Å². The Morgan fingerprint density at radius 3 is 2.47 bits per heavy atom. The fraction of sp³-hybridized carbons (Fsp3) is 0.286. The fourth-order valence-electron chi connectivity index (χ4n) is 1.98. The third-order valence-electron chi connectivity index (χ3n) is 2.96. The molecule has 3 nitrogen and oxygen atoms in total. The Hall–Kier alpha value is -1.88. The van der Waals surface area contributed by atoms with Gasteiger partial charge in [-0.1, -0.05) is 6.92 Å². The molecule has 2 aromatic rings. The maximum absolute atomic E-state index is 13.9. The average Bonchev–Trinajstić information content (AvgIpc) is 2.85. The third-order valence-corrected chi connectivity index (χ3v) is 2.96. The summed E-state index contributed by atoms with van der Waals surface area (Å²) < 4.78 is 37.6. The summed E-state index contributed by atoms with van der Waals surface area (Å²) in [5.41, 5.74) is -0.0395. The number of methoxy groups -OCH3 is 1. The minimum Gasteiger partial charge on any atom is -0.497 e. The lowest BCUT2D eigenvalue weighted by Gasteiger charge is -2.14. The van der Waals surface area contributed by atoms with Crippen molar-refractivity contribution in [3.8, 4) is 5.75 Å². The van der Waals surface area contributed by atoms with E-state index in [1.54, 1.807) is 0 Å². The summed E-state index contributed by atoms with van der Waals surface area (Å²) in [6, 6.07) is 3.58. The zero-order valence-corrected chi connectivity index (χ0v) is 10.6. The van der Waals surface area contributed by atoms with E-state index in [1.165, 1.54) is 19.4 Å². The van der Waals surface area contributed by atoms with E-state index in [9.17, 15) is 13.9 Å². The van der Waals surface area contributed by atoms with Gasteiger partial charge in [-0.15, -0.1) is 0 Å². The van der Waals surface area contributed by atoms with E-state index in [4.69, 9.17) is 9.15 Å². The van der Waals surface area contributed by atoms with Crippen LogP contribution in [-0.4, -0.2) is 12.2 Å². The molecule has 0 amide bonds. The Balaban J connectivity index is 2.47. The van der Waals surface area contributed by atoms with Gasteiger partial charge in [-0.2, -0.15) is 0 Å². The number of ether oxygens (including phenoxy) is 1. The lowest BCUT2D eigenvalue weighted by Crippen LogP contribution is -2.07. The zero-order valence-electron chi connectivity index (χ0n) is 10.6. The molecule has 1 aromatic heterocycles. The normalized spacial score (nSPS) is 12.5. The molecule has 19 heavy (non-hydrogen) atoms. The highest BCUT2D eigenvalue weighted by atomic mass is 19.1. The first-order chi connectivity index (χ1) is 9.08. The summed E-state index contributed by atoms with van der Waals surface area (Å²) >= 11 is 0. The summed E-state index contributed by atoms with van der Waals surface area (Å²) in [6.07, 6.45) is 0.509. The number of aliphatic hydroxyl groups excluding tert-OH is 1. The SMILES string of the molecule is CCc1occc1C(O)c1c(F)cc(OC)cc1F. The second-order valence-corrected chi connectivity index (χ2v) is 4.06. The summed E-state index contributed by atoms with van der Waals surface area (Å²) in [7, 11) is 1.32. The van der Waals surface area contributed by atoms with Gasteiger partial charge < -0.3 is 14.3 Å². The van der Waals surface area contributed by atoms with Crippen molar-refractivity contribution >= 4 is 0 Å². The van der Waals surface area contributed by atoms with E-state index in [1.807, 2.05) is 6.92 Å². The Morgan fingerprint density at radius 1 is 1.32 bits per heavy atom. The Morgan fingerprint density at radius 2 is 1.95 bits per heavy atom. The van der Waals surface area contributed by atoms with Crippen LogP contribution in [0.3, 0.4) is 0 Å². The monoisotopic (exact) mass is 268 g/mol. The zero-order chi connectivity index (χ0) is 14.0. The number of halogens is 2. The molecule has 0 aliphatic rings. The van der Waals surface area contributed by atoms with Gasteiger partial charge in [0.25, 0.3) is 0 Å². The lowest BCUT2D eigenvalue weighted by atomic mass is 10.00. The molecule has 1 aromatic carbocycles. The number of rotatable bonds is 4. The van der Waals surface area contributed by atoms with Crippen molar-refractivity contribution in [1.82, 2.24) is 0 Å². The van der Waals surface area contributed by atoms with Gasteiger partial charge in [-0.25, -0.2) is 8.78 Å². The Kier molecular flexibility index (Phi) is 3.85. The summed E-state index contributed by atoms with van der Waals surface area (Å²) in [4.78, 5) is 0. The maximum Gasteiger partial charge on any atom is 0.135 e. The van der Waals surface area contributed by atoms with Gasteiger partial charge in [-0.3, -0.25) is 0 Å². The van der Waals surface area contributed by atoms with Gasteiger partial charge in [0.15, 0.2) is 0 Å². The topological polar surface area (TPSA) is 42.6 Å². The minimum atomic E-state index is -1.40.